The van der Waals surface area contributed by atoms with Crippen LogP contribution in [0.4, 0.5) is 0 Å². The Hall–Kier alpha value is -0.950. The number of hydrogen-bond acceptors (Lipinski definition) is 4. The normalized spacial score (nSPS) is 22.0. The highest BCUT2D eigenvalue weighted by Crippen LogP contribution is 2.19. The third-order valence-corrected chi connectivity index (χ3v) is 4.79. The molecule has 100 valence electrons. The van der Waals surface area contributed by atoms with E-state index in [0.29, 0.717) is 18.0 Å². The largest absolute Gasteiger partial charge is 0.394 e. The first-order valence-corrected chi connectivity index (χ1v) is 7.27. The molecule has 1 fully saturated rings. The number of aliphatic hydroxyl groups is 1. The maximum absolute atomic E-state index is 12.4. The highest BCUT2D eigenvalue weighted by atomic mass is 32.2. The fraction of sp³-hybridized carbons (Fsp3) is 0.500. The molecule has 5 nitrogen and oxygen atoms in total. The first-order valence-electron chi connectivity index (χ1n) is 5.83. The number of rotatable bonds is 3. The van der Waals surface area contributed by atoms with Crippen molar-refractivity contribution in [1.29, 1.82) is 0 Å². The van der Waals surface area contributed by atoms with E-state index in [1.165, 1.54) is 4.31 Å². The minimum atomic E-state index is -3.49. The second-order valence-corrected chi connectivity index (χ2v) is 6.29. The fourth-order valence-electron chi connectivity index (χ4n) is 1.95. The van der Waals surface area contributed by atoms with Crippen molar-refractivity contribution in [2.75, 3.05) is 26.3 Å². The molecule has 1 aliphatic heterocycles. The van der Waals surface area contributed by atoms with E-state index in [-0.39, 0.29) is 13.2 Å². The Bertz CT molecular complexity index is 515. The minimum Gasteiger partial charge on any atom is -0.394 e. The molecule has 1 aromatic rings. The van der Waals surface area contributed by atoms with Crippen molar-refractivity contribution in [1.82, 2.24) is 4.31 Å². The molecule has 0 bridgehead atoms. The third kappa shape index (κ3) is 2.72. The lowest BCUT2D eigenvalue weighted by Crippen LogP contribution is -2.46. The predicted octanol–water partition coefficient (Wildman–Crippen LogP) is 0.377. The maximum Gasteiger partial charge on any atom is 0.243 e. The molecule has 0 radical (unpaired) electrons. The van der Waals surface area contributed by atoms with Gasteiger partial charge in [0, 0.05) is 13.1 Å². The van der Waals surface area contributed by atoms with Crippen molar-refractivity contribution >= 4 is 10.0 Å². The molecule has 1 atom stereocenters. The summed E-state index contributed by atoms with van der Waals surface area (Å²) in [5.74, 6) is 0. The van der Waals surface area contributed by atoms with Crippen LogP contribution in [0.1, 0.15) is 5.56 Å². The first kappa shape index (κ1) is 13.5. The molecule has 1 N–H and O–H groups in total. The summed E-state index contributed by atoms with van der Waals surface area (Å²) >= 11 is 0. The smallest absolute Gasteiger partial charge is 0.243 e. The second-order valence-electron chi connectivity index (χ2n) is 4.35. The molecule has 1 unspecified atom stereocenters. The van der Waals surface area contributed by atoms with E-state index < -0.39 is 16.1 Å². The lowest BCUT2D eigenvalue weighted by molar-refractivity contribution is -0.0304. The quantitative estimate of drug-likeness (QED) is 0.863. The summed E-state index contributed by atoms with van der Waals surface area (Å²) in [6.07, 6.45) is -0.432. The molecule has 0 aromatic heterocycles. The average Bonchev–Trinajstić information content (AvgIpc) is 2.39. The summed E-state index contributed by atoms with van der Waals surface area (Å²) in [5.41, 5.74) is 0.906. The number of ether oxygens (including phenoxy) is 1. The predicted molar refractivity (Wildman–Crippen MR) is 66.8 cm³/mol. The van der Waals surface area contributed by atoms with Crippen LogP contribution in [-0.4, -0.2) is 50.2 Å². The Morgan fingerprint density at radius 1 is 1.50 bits per heavy atom. The van der Waals surface area contributed by atoms with Crippen molar-refractivity contribution < 1.29 is 18.3 Å². The Balaban J connectivity index is 2.25. The van der Waals surface area contributed by atoms with Gasteiger partial charge in [-0.05, 0) is 24.6 Å². The van der Waals surface area contributed by atoms with Crippen LogP contribution in [0.5, 0.6) is 0 Å². The van der Waals surface area contributed by atoms with Crippen LogP contribution in [0.15, 0.2) is 29.2 Å². The van der Waals surface area contributed by atoms with Gasteiger partial charge in [0.2, 0.25) is 10.0 Å². The molecule has 6 heteroatoms. The van der Waals surface area contributed by atoms with E-state index in [1.54, 1.807) is 18.2 Å². The number of sulfonamides is 1. The molecular weight excluding hydrogens is 254 g/mol. The molecule has 0 aliphatic carbocycles. The van der Waals surface area contributed by atoms with Crippen molar-refractivity contribution in [2.45, 2.75) is 17.9 Å². The topological polar surface area (TPSA) is 66.8 Å². The summed E-state index contributed by atoms with van der Waals surface area (Å²) in [7, 11) is -3.49. The zero-order chi connectivity index (χ0) is 13.2. The van der Waals surface area contributed by atoms with Crippen molar-refractivity contribution in [3.05, 3.63) is 29.8 Å². The van der Waals surface area contributed by atoms with Gasteiger partial charge in [-0.15, -0.1) is 0 Å². The molecule has 1 aromatic carbocycles. The highest BCUT2D eigenvalue weighted by molar-refractivity contribution is 7.89. The summed E-state index contributed by atoms with van der Waals surface area (Å²) in [6.45, 7) is 2.53. The summed E-state index contributed by atoms with van der Waals surface area (Å²) < 4.78 is 31.4. The lowest BCUT2D eigenvalue weighted by atomic mass is 10.2. The first-order chi connectivity index (χ1) is 8.54. The molecule has 0 amide bonds. The summed E-state index contributed by atoms with van der Waals surface area (Å²) in [4.78, 5) is 0.293. The molecule has 1 heterocycles. The van der Waals surface area contributed by atoms with Gasteiger partial charge in [0.25, 0.3) is 0 Å². The number of aryl methyl sites for hydroxylation is 1. The Labute approximate surface area is 107 Å². The zero-order valence-corrected chi connectivity index (χ0v) is 11.1. The van der Waals surface area contributed by atoms with Crippen LogP contribution in [0.2, 0.25) is 0 Å². The van der Waals surface area contributed by atoms with Gasteiger partial charge in [-0.2, -0.15) is 4.31 Å². The van der Waals surface area contributed by atoms with Crippen molar-refractivity contribution in [3.8, 4) is 0 Å². The molecule has 2 rings (SSSR count). The van der Waals surface area contributed by atoms with E-state index >= 15 is 0 Å². The van der Waals surface area contributed by atoms with Gasteiger partial charge in [-0.25, -0.2) is 8.42 Å². The van der Waals surface area contributed by atoms with Crippen LogP contribution in [-0.2, 0) is 14.8 Å². The van der Waals surface area contributed by atoms with E-state index in [9.17, 15) is 8.42 Å². The minimum absolute atomic E-state index is 0.167. The van der Waals surface area contributed by atoms with Crippen LogP contribution in [0.3, 0.4) is 0 Å². The fourth-order valence-corrected chi connectivity index (χ4v) is 3.51. The maximum atomic E-state index is 12.4. The van der Waals surface area contributed by atoms with E-state index in [0.717, 1.165) is 5.56 Å². The van der Waals surface area contributed by atoms with E-state index in [4.69, 9.17) is 9.84 Å². The SMILES string of the molecule is Cc1cccc(S(=O)(=O)N2CCOC(CO)C2)c1. The van der Waals surface area contributed by atoms with Crippen LogP contribution in [0.25, 0.3) is 0 Å². The number of benzene rings is 1. The average molecular weight is 271 g/mol. The Morgan fingerprint density at radius 3 is 2.94 bits per heavy atom. The van der Waals surface area contributed by atoms with Gasteiger partial charge < -0.3 is 9.84 Å². The van der Waals surface area contributed by atoms with Gasteiger partial charge in [-0.3, -0.25) is 0 Å². The molecule has 0 spiro atoms. The Morgan fingerprint density at radius 2 is 2.28 bits per heavy atom. The summed E-state index contributed by atoms with van der Waals surface area (Å²) in [6, 6.07) is 6.82. The van der Waals surface area contributed by atoms with Gasteiger partial charge in [-0.1, -0.05) is 12.1 Å². The molecular formula is C12H17NO4S. The Kier molecular flexibility index (Phi) is 4.01. The highest BCUT2D eigenvalue weighted by Gasteiger charge is 2.30. The van der Waals surface area contributed by atoms with Gasteiger partial charge in [0.1, 0.15) is 0 Å². The third-order valence-electron chi connectivity index (χ3n) is 2.93. The van der Waals surface area contributed by atoms with Crippen molar-refractivity contribution in [3.63, 3.8) is 0 Å². The zero-order valence-electron chi connectivity index (χ0n) is 10.2. The molecule has 18 heavy (non-hydrogen) atoms. The number of hydrogen-bond donors (Lipinski definition) is 1. The lowest BCUT2D eigenvalue weighted by Gasteiger charge is -2.31. The van der Waals surface area contributed by atoms with Gasteiger partial charge in [0.05, 0.1) is 24.2 Å². The van der Waals surface area contributed by atoms with Crippen LogP contribution < -0.4 is 0 Å². The van der Waals surface area contributed by atoms with E-state index in [1.807, 2.05) is 13.0 Å². The molecule has 0 saturated carbocycles. The summed E-state index contributed by atoms with van der Waals surface area (Å²) in [5, 5.41) is 9.04. The number of aliphatic hydroxyl groups excluding tert-OH is 1. The molecule has 1 saturated heterocycles. The second kappa shape index (κ2) is 5.36. The van der Waals surface area contributed by atoms with Gasteiger partial charge >= 0.3 is 0 Å². The number of nitrogens with zero attached hydrogens (tertiary/aromatic N) is 1. The van der Waals surface area contributed by atoms with Crippen LogP contribution >= 0.6 is 0 Å². The standard InChI is InChI=1S/C12H17NO4S/c1-10-3-2-4-12(7-10)18(15,16)13-5-6-17-11(8-13)9-14/h2-4,7,11,14H,5-6,8-9H2,1H3. The van der Waals surface area contributed by atoms with Crippen molar-refractivity contribution in [2.24, 2.45) is 0 Å². The van der Waals surface area contributed by atoms with E-state index in [2.05, 4.69) is 0 Å². The molecule has 1 aliphatic rings. The monoisotopic (exact) mass is 271 g/mol. The van der Waals surface area contributed by atoms with Crippen LogP contribution in [0, 0.1) is 6.92 Å². The number of morpholine rings is 1. The van der Waals surface area contributed by atoms with Gasteiger partial charge in [0.15, 0.2) is 0 Å².